The lowest BCUT2D eigenvalue weighted by atomic mass is 9.97. The van der Waals surface area contributed by atoms with Crippen molar-refractivity contribution < 1.29 is 18.1 Å². The number of aryl methyl sites for hydroxylation is 1. The first kappa shape index (κ1) is 19.0. The largest absolute Gasteiger partial charge is 0.365 e. The Hall–Kier alpha value is -3.33. The van der Waals surface area contributed by atoms with Crippen LogP contribution in [0.2, 0.25) is 0 Å². The van der Waals surface area contributed by atoms with Crippen LogP contribution in [0.4, 0.5) is 27.3 Å². The summed E-state index contributed by atoms with van der Waals surface area (Å²) in [5.74, 6) is -1.14. The van der Waals surface area contributed by atoms with E-state index in [4.69, 9.17) is 4.11 Å². The van der Waals surface area contributed by atoms with Crippen LogP contribution in [0.15, 0.2) is 24.4 Å². The fourth-order valence-electron chi connectivity index (χ4n) is 4.21. The van der Waals surface area contributed by atoms with Gasteiger partial charge in [-0.15, -0.1) is 11.3 Å². The molecular formula is C25H26FN5O2S. The minimum absolute atomic E-state index is 0.0257. The molecule has 5 rings (SSSR count). The van der Waals surface area contributed by atoms with Gasteiger partial charge in [-0.25, -0.2) is 14.4 Å². The average Bonchev–Trinajstić information content (AvgIpc) is 3.57. The molecule has 0 unspecified atom stereocenters. The summed E-state index contributed by atoms with van der Waals surface area (Å²) in [4.78, 5) is 37.1. The first-order valence-corrected chi connectivity index (χ1v) is 11.9. The third-order valence-electron chi connectivity index (χ3n) is 6.24. The second kappa shape index (κ2) is 8.47. The molecule has 2 aromatic heterocycles. The third-order valence-corrected chi connectivity index (χ3v) is 7.38. The minimum atomic E-state index is -2.47. The number of amides is 1. The van der Waals surface area contributed by atoms with Crippen LogP contribution in [0, 0.1) is 18.7 Å². The summed E-state index contributed by atoms with van der Waals surface area (Å²) in [5.41, 5.74) is 2.68. The number of carbonyl (C=O) groups excluding carboxylic acids is 2. The van der Waals surface area contributed by atoms with Crippen molar-refractivity contribution in [2.75, 3.05) is 22.6 Å². The molecule has 1 fully saturated rings. The number of halogens is 1. The van der Waals surface area contributed by atoms with E-state index in [1.807, 2.05) is 25.8 Å². The molecular weight excluding hydrogens is 453 g/mol. The molecule has 1 aliphatic heterocycles. The zero-order valence-electron chi connectivity index (χ0n) is 22.0. The van der Waals surface area contributed by atoms with Gasteiger partial charge >= 0.3 is 0 Å². The molecule has 2 aliphatic rings. The molecule has 1 aromatic carbocycles. The lowest BCUT2D eigenvalue weighted by Gasteiger charge is -2.35. The summed E-state index contributed by atoms with van der Waals surface area (Å²) >= 11 is 1.57. The number of nitrogens with one attached hydrogen (secondary N) is 2. The Morgan fingerprint density at radius 3 is 2.82 bits per heavy atom. The number of benzene rings is 1. The van der Waals surface area contributed by atoms with Crippen LogP contribution in [-0.4, -0.2) is 28.7 Å². The van der Waals surface area contributed by atoms with Crippen molar-refractivity contribution in [1.29, 1.82) is 0 Å². The Kier molecular flexibility index (Phi) is 4.74. The van der Waals surface area contributed by atoms with E-state index in [2.05, 4.69) is 20.6 Å². The monoisotopic (exact) mass is 482 g/mol. The van der Waals surface area contributed by atoms with E-state index >= 15 is 0 Å². The summed E-state index contributed by atoms with van der Waals surface area (Å²) in [5, 5.41) is 6.77. The molecule has 7 nitrogen and oxygen atoms in total. The number of thiazole rings is 1. The number of rotatable bonds is 6. The Balaban J connectivity index is 1.60. The van der Waals surface area contributed by atoms with E-state index in [0.717, 1.165) is 28.4 Å². The van der Waals surface area contributed by atoms with E-state index in [-0.39, 0.29) is 34.9 Å². The van der Waals surface area contributed by atoms with Gasteiger partial charge in [0.1, 0.15) is 11.6 Å². The minimum Gasteiger partial charge on any atom is -0.365 e. The normalized spacial score (nSPS) is 18.3. The van der Waals surface area contributed by atoms with Crippen molar-refractivity contribution in [3.05, 3.63) is 45.7 Å². The maximum atomic E-state index is 14.9. The summed E-state index contributed by atoms with van der Waals surface area (Å²) in [6, 6.07) is 4.22. The highest BCUT2D eigenvalue weighted by Crippen LogP contribution is 2.50. The summed E-state index contributed by atoms with van der Waals surface area (Å²) in [7, 11) is 1.90. The fraction of sp³-hybridized carbons (Fsp3) is 0.360. The molecule has 0 radical (unpaired) electrons. The topological polar surface area (TPSA) is 87.2 Å². The number of carbonyl (C=O) groups is 2. The lowest BCUT2D eigenvalue weighted by Crippen LogP contribution is -2.26. The van der Waals surface area contributed by atoms with Crippen LogP contribution in [-0.2, 0) is 4.79 Å². The highest BCUT2D eigenvalue weighted by Gasteiger charge is 2.32. The summed E-state index contributed by atoms with van der Waals surface area (Å²) < 4.78 is 37.5. The van der Waals surface area contributed by atoms with Gasteiger partial charge in [-0.05, 0) is 38.8 Å². The van der Waals surface area contributed by atoms with E-state index < -0.39 is 24.9 Å². The standard InChI is InChI=1S/C25H26FN5O2S/c1-5-20(32)17-11-27-21(30-25(33)14-6-7-14)10-18(17)29-19-9-15(26)8-16-22-24(34-13(3)28-22)12(2)31(4)23(16)19/h8-12,14H,5-7H2,1-4H3,(H2,27,29,30,33)/t12-/m1/s1/i1D3. The predicted octanol–water partition coefficient (Wildman–Crippen LogP) is 5.85. The molecule has 34 heavy (non-hydrogen) atoms. The molecule has 0 saturated heterocycles. The fourth-order valence-corrected chi connectivity index (χ4v) is 5.24. The third kappa shape index (κ3) is 3.94. The zero-order valence-corrected chi connectivity index (χ0v) is 19.8. The predicted molar refractivity (Wildman–Crippen MR) is 133 cm³/mol. The van der Waals surface area contributed by atoms with Crippen LogP contribution in [0.3, 0.4) is 0 Å². The number of pyridine rings is 1. The van der Waals surface area contributed by atoms with Gasteiger partial charge in [-0.3, -0.25) is 9.59 Å². The molecule has 1 amide bonds. The first-order chi connectivity index (χ1) is 17.4. The maximum absolute atomic E-state index is 14.9. The highest BCUT2D eigenvalue weighted by molar-refractivity contribution is 7.12. The SMILES string of the molecule is [2H]C([2H])([2H])CC(=O)c1cnc(NC(=O)C2CC2)cc1Nc1cc(F)cc2c1N(C)[C@H](C)c1sc(C)nc1-2. The molecule has 0 bridgehead atoms. The number of Topliss-reactive ketones (excluding diaryl/α,β-unsaturated/α-hetero) is 1. The van der Waals surface area contributed by atoms with Gasteiger partial charge in [0.25, 0.3) is 0 Å². The van der Waals surface area contributed by atoms with Gasteiger partial charge in [0.05, 0.1) is 44.2 Å². The number of ketones is 1. The number of anilines is 4. The zero-order chi connectivity index (χ0) is 26.6. The van der Waals surface area contributed by atoms with Gasteiger partial charge in [-0.2, -0.15) is 0 Å². The van der Waals surface area contributed by atoms with Crippen molar-refractivity contribution >= 4 is 45.9 Å². The lowest BCUT2D eigenvalue weighted by molar-refractivity contribution is -0.117. The van der Waals surface area contributed by atoms with E-state index in [0.29, 0.717) is 16.9 Å². The Morgan fingerprint density at radius 1 is 1.29 bits per heavy atom. The van der Waals surface area contributed by atoms with Crippen molar-refractivity contribution in [2.45, 2.75) is 46.0 Å². The van der Waals surface area contributed by atoms with Crippen LogP contribution in [0.25, 0.3) is 11.3 Å². The van der Waals surface area contributed by atoms with Gasteiger partial charge < -0.3 is 15.5 Å². The van der Waals surface area contributed by atoms with Crippen LogP contribution >= 0.6 is 11.3 Å². The van der Waals surface area contributed by atoms with Crippen molar-refractivity contribution in [3.8, 4) is 11.3 Å². The van der Waals surface area contributed by atoms with Crippen LogP contribution in [0.5, 0.6) is 0 Å². The summed E-state index contributed by atoms with van der Waals surface area (Å²) in [6.07, 6.45) is 2.18. The molecule has 1 saturated carbocycles. The Morgan fingerprint density at radius 2 is 2.09 bits per heavy atom. The van der Waals surface area contributed by atoms with Gasteiger partial charge in [0.15, 0.2) is 5.78 Å². The van der Waals surface area contributed by atoms with Gasteiger partial charge in [-0.1, -0.05) is 6.85 Å². The van der Waals surface area contributed by atoms with Crippen molar-refractivity contribution in [1.82, 2.24) is 9.97 Å². The number of fused-ring (bicyclic) bond motifs is 3. The van der Waals surface area contributed by atoms with Crippen molar-refractivity contribution in [3.63, 3.8) is 0 Å². The second-order valence-corrected chi connectivity index (χ2v) is 9.92. The molecule has 9 heteroatoms. The van der Waals surface area contributed by atoms with Crippen LogP contribution in [0.1, 0.15) is 63.4 Å². The Labute approximate surface area is 205 Å². The maximum Gasteiger partial charge on any atom is 0.228 e. The van der Waals surface area contributed by atoms with E-state index in [1.165, 1.54) is 24.4 Å². The molecule has 2 N–H and O–H groups in total. The van der Waals surface area contributed by atoms with Gasteiger partial charge in [0, 0.05) is 41.3 Å². The average molecular weight is 483 g/mol. The quantitative estimate of drug-likeness (QED) is 0.429. The van der Waals surface area contributed by atoms with E-state index in [1.54, 1.807) is 11.3 Å². The molecule has 1 atom stereocenters. The molecule has 1 aliphatic carbocycles. The molecule has 3 heterocycles. The summed E-state index contributed by atoms with van der Waals surface area (Å²) in [6.45, 7) is 1.47. The number of nitrogens with zero attached hydrogens (tertiary/aromatic N) is 3. The van der Waals surface area contributed by atoms with Crippen molar-refractivity contribution in [2.24, 2.45) is 5.92 Å². The first-order valence-electron chi connectivity index (χ1n) is 12.6. The number of hydrogen-bond donors (Lipinski definition) is 2. The van der Waals surface area contributed by atoms with Crippen LogP contribution < -0.4 is 15.5 Å². The smallest absolute Gasteiger partial charge is 0.228 e. The van der Waals surface area contributed by atoms with Gasteiger partial charge in [0.2, 0.25) is 5.91 Å². The molecule has 3 aromatic rings. The number of hydrogen-bond acceptors (Lipinski definition) is 7. The number of aromatic nitrogens is 2. The second-order valence-electron chi connectivity index (χ2n) is 8.69. The molecule has 0 spiro atoms. The Bertz CT molecular complexity index is 1420. The molecule has 176 valence electrons. The highest BCUT2D eigenvalue weighted by atomic mass is 32.1. The van der Waals surface area contributed by atoms with E-state index in [9.17, 15) is 14.0 Å².